The zero-order valence-electron chi connectivity index (χ0n) is 13.8. The molecule has 1 aromatic heterocycles. The third-order valence-corrected chi connectivity index (χ3v) is 4.51. The lowest BCUT2D eigenvalue weighted by atomic mass is 10.1. The van der Waals surface area contributed by atoms with Crippen LogP contribution in [0.15, 0.2) is 36.7 Å². The lowest BCUT2D eigenvalue weighted by molar-refractivity contribution is -0.134. The molecule has 0 spiro atoms. The second-order valence-electron chi connectivity index (χ2n) is 6.05. The molecule has 1 amide bonds. The number of nitrogens with one attached hydrogen (secondary N) is 1. The summed E-state index contributed by atoms with van der Waals surface area (Å²) in [4.78, 5) is 19.2. The molecular formula is C18H24N4O. The second-order valence-corrected chi connectivity index (χ2v) is 6.05. The largest absolute Gasteiger partial charge is 0.336 e. The molecule has 1 atom stereocenters. The Balaban J connectivity index is 1.74. The summed E-state index contributed by atoms with van der Waals surface area (Å²) >= 11 is 0. The standard InChI is InChI=1S/C18H24N4O/c1-3-14-4-6-15(7-5-14)12-17(23)22-11-8-19-13-16(22)18-20-9-10-21(18)2/h4-7,9-10,16,19H,3,8,11-13H2,1-2H3. The molecule has 0 saturated carbocycles. The highest BCUT2D eigenvalue weighted by atomic mass is 16.2. The van der Waals surface area contributed by atoms with E-state index in [1.165, 1.54) is 5.56 Å². The molecule has 23 heavy (non-hydrogen) atoms. The highest BCUT2D eigenvalue weighted by molar-refractivity contribution is 5.79. The molecule has 0 aliphatic carbocycles. The maximum Gasteiger partial charge on any atom is 0.227 e. The van der Waals surface area contributed by atoms with E-state index >= 15 is 0 Å². The molecule has 1 N–H and O–H groups in total. The average Bonchev–Trinajstić information content (AvgIpc) is 3.01. The Kier molecular flexibility index (Phi) is 4.76. The van der Waals surface area contributed by atoms with Crippen LogP contribution in [0.3, 0.4) is 0 Å². The molecule has 2 aromatic rings. The van der Waals surface area contributed by atoms with E-state index in [1.807, 2.05) is 22.7 Å². The van der Waals surface area contributed by atoms with Crippen molar-refractivity contribution in [1.29, 1.82) is 0 Å². The van der Waals surface area contributed by atoms with Gasteiger partial charge in [0.2, 0.25) is 5.91 Å². The Bertz CT molecular complexity index is 662. The van der Waals surface area contributed by atoms with Gasteiger partial charge in [0.1, 0.15) is 11.9 Å². The number of amides is 1. The van der Waals surface area contributed by atoms with Gasteiger partial charge in [-0.2, -0.15) is 0 Å². The number of rotatable bonds is 4. The van der Waals surface area contributed by atoms with Crippen LogP contribution >= 0.6 is 0 Å². The van der Waals surface area contributed by atoms with Crippen molar-refractivity contribution >= 4 is 5.91 Å². The molecule has 1 unspecified atom stereocenters. The van der Waals surface area contributed by atoms with Gasteiger partial charge in [-0.05, 0) is 17.5 Å². The van der Waals surface area contributed by atoms with E-state index in [2.05, 4.69) is 41.5 Å². The van der Waals surface area contributed by atoms with Gasteiger partial charge in [0.05, 0.1) is 6.42 Å². The predicted molar refractivity (Wildman–Crippen MR) is 90.1 cm³/mol. The van der Waals surface area contributed by atoms with Crippen molar-refractivity contribution < 1.29 is 4.79 Å². The summed E-state index contributed by atoms with van der Waals surface area (Å²) in [5.41, 5.74) is 2.37. The fourth-order valence-electron chi connectivity index (χ4n) is 3.10. The van der Waals surface area contributed by atoms with Crippen molar-refractivity contribution in [3.05, 3.63) is 53.6 Å². The highest BCUT2D eigenvalue weighted by Crippen LogP contribution is 2.21. The van der Waals surface area contributed by atoms with Crippen LogP contribution in [0.1, 0.15) is 29.9 Å². The van der Waals surface area contributed by atoms with Gasteiger partial charge >= 0.3 is 0 Å². The Morgan fingerprint density at radius 1 is 1.30 bits per heavy atom. The lowest BCUT2D eigenvalue weighted by Gasteiger charge is -2.35. The number of piperazine rings is 1. The quantitative estimate of drug-likeness (QED) is 0.935. The number of carbonyl (C=O) groups is 1. The molecule has 5 heteroatoms. The van der Waals surface area contributed by atoms with Gasteiger partial charge in [-0.1, -0.05) is 31.2 Å². The molecular weight excluding hydrogens is 288 g/mol. The molecule has 1 saturated heterocycles. The maximum atomic E-state index is 12.8. The van der Waals surface area contributed by atoms with Crippen LogP contribution in [0.2, 0.25) is 0 Å². The minimum absolute atomic E-state index is 0.00571. The summed E-state index contributed by atoms with van der Waals surface area (Å²) in [5.74, 6) is 1.11. The third kappa shape index (κ3) is 3.45. The van der Waals surface area contributed by atoms with Gasteiger partial charge in [0.25, 0.3) is 0 Å². The van der Waals surface area contributed by atoms with Crippen LogP contribution in [0, 0.1) is 0 Å². The zero-order chi connectivity index (χ0) is 16.2. The molecule has 1 aliphatic rings. The molecule has 1 fully saturated rings. The van der Waals surface area contributed by atoms with Gasteiger partial charge in [-0.15, -0.1) is 0 Å². The van der Waals surface area contributed by atoms with Gasteiger partial charge in [0, 0.05) is 39.1 Å². The summed E-state index contributed by atoms with van der Waals surface area (Å²) in [6.45, 7) is 4.45. The van der Waals surface area contributed by atoms with Crippen molar-refractivity contribution in [2.45, 2.75) is 25.8 Å². The number of hydrogen-bond donors (Lipinski definition) is 1. The Labute approximate surface area is 137 Å². The zero-order valence-corrected chi connectivity index (χ0v) is 13.8. The summed E-state index contributed by atoms with van der Waals surface area (Å²) in [6.07, 6.45) is 5.18. The van der Waals surface area contributed by atoms with Crippen LogP contribution in [-0.4, -0.2) is 40.0 Å². The van der Waals surface area contributed by atoms with E-state index in [0.717, 1.165) is 37.4 Å². The molecule has 0 radical (unpaired) electrons. The number of imidazole rings is 1. The van der Waals surface area contributed by atoms with E-state index in [9.17, 15) is 4.79 Å². The Morgan fingerprint density at radius 2 is 2.04 bits per heavy atom. The minimum Gasteiger partial charge on any atom is -0.336 e. The summed E-state index contributed by atoms with van der Waals surface area (Å²) in [7, 11) is 1.98. The Morgan fingerprint density at radius 3 is 2.70 bits per heavy atom. The number of nitrogens with zero attached hydrogens (tertiary/aromatic N) is 3. The van der Waals surface area contributed by atoms with Crippen molar-refractivity contribution in [3.8, 4) is 0 Å². The minimum atomic E-state index is 0.00571. The molecule has 3 rings (SSSR count). The van der Waals surface area contributed by atoms with Gasteiger partial charge in [-0.25, -0.2) is 4.98 Å². The monoisotopic (exact) mass is 312 g/mol. The molecule has 1 aromatic carbocycles. The third-order valence-electron chi connectivity index (χ3n) is 4.51. The van der Waals surface area contributed by atoms with E-state index in [4.69, 9.17) is 0 Å². The van der Waals surface area contributed by atoms with Crippen LogP contribution < -0.4 is 5.32 Å². The number of carbonyl (C=O) groups excluding carboxylic acids is 1. The van der Waals surface area contributed by atoms with Gasteiger partial charge < -0.3 is 14.8 Å². The van der Waals surface area contributed by atoms with Crippen LogP contribution in [0.25, 0.3) is 0 Å². The van der Waals surface area contributed by atoms with E-state index in [0.29, 0.717) is 6.42 Å². The van der Waals surface area contributed by atoms with E-state index in [-0.39, 0.29) is 11.9 Å². The van der Waals surface area contributed by atoms with Gasteiger partial charge in [0.15, 0.2) is 0 Å². The highest BCUT2D eigenvalue weighted by Gasteiger charge is 2.30. The Hall–Kier alpha value is -2.14. The van der Waals surface area contributed by atoms with Crippen molar-refractivity contribution in [2.75, 3.05) is 19.6 Å². The molecule has 5 nitrogen and oxygen atoms in total. The normalized spacial score (nSPS) is 18.2. The first-order valence-corrected chi connectivity index (χ1v) is 8.24. The number of aryl methyl sites for hydroxylation is 2. The number of hydrogen-bond acceptors (Lipinski definition) is 3. The average molecular weight is 312 g/mol. The number of aromatic nitrogens is 2. The predicted octanol–water partition coefficient (Wildman–Crippen LogP) is 1.70. The van der Waals surface area contributed by atoms with Crippen molar-refractivity contribution in [1.82, 2.24) is 19.8 Å². The molecule has 2 heterocycles. The SMILES string of the molecule is CCc1ccc(CC(=O)N2CCNCC2c2nccn2C)cc1. The second kappa shape index (κ2) is 6.96. The summed E-state index contributed by atoms with van der Waals surface area (Å²) in [6, 6.07) is 8.35. The maximum absolute atomic E-state index is 12.8. The van der Waals surface area contributed by atoms with E-state index < -0.39 is 0 Å². The van der Waals surface area contributed by atoms with Crippen molar-refractivity contribution in [2.24, 2.45) is 7.05 Å². The lowest BCUT2D eigenvalue weighted by Crippen LogP contribution is -2.49. The fraction of sp³-hybridized carbons (Fsp3) is 0.444. The van der Waals surface area contributed by atoms with Crippen molar-refractivity contribution in [3.63, 3.8) is 0 Å². The molecule has 1 aliphatic heterocycles. The van der Waals surface area contributed by atoms with Crippen LogP contribution in [0.5, 0.6) is 0 Å². The van der Waals surface area contributed by atoms with E-state index in [1.54, 1.807) is 6.20 Å². The first kappa shape index (κ1) is 15.7. The molecule has 0 bridgehead atoms. The van der Waals surface area contributed by atoms with Crippen LogP contribution in [0.4, 0.5) is 0 Å². The smallest absolute Gasteiger partial charge is 0.227 e. The number of benzene rings is 1. The first-order valence-electron chi connectivity index (χ1n) is 8.24. The topological polar surface area (TPSA) is 50.2 Å². The van der Waals surface area contributed by atoms with Gasteiger partial charge in [-0.3, -0.25) is 4.79 Å². The fourth-order valence-corrected chi connectivity index (χ4v) is 3.10. The first-order chi connectivity index (χ1) is 11.2. The van der Waals surface area contributed by atoms with Crippen LogP contribution in [-0.2, 0) is 24.7 Å². The molecule has 122 valence electrons. The summed E-state index contributed by atoms with van der Waals surface area (Å²) < 4.78 is 1.99. The summed E-state index contributed by atoms with van der Waals surface area (Å²) in [5, 5.41) is 3.37.